The average Bonchev–Trinajstić information content (AvgIpc) is 2.94. The number of halogens is 1. The van der Waals surface area contributed by atoms with Gasteiger partial charge in [-0.3, -0.25) is 0 Å². The van der Waals surface area contributed by atoms with Gasteiger partial charge >= 0.3 is 0 Å². The van der Waals surface area contributed by atoms with E-state index in [0.717, 1.165) is 28.0 Å². The lowest BCUT2D eigenvalue weighted by Crippen LogP contribution is -2.30. The van der Waals surface area contributed by atoms with Gasteiger partial charge in [0.1, 0.15) is 5.82 Å². The fraction of sp³-hybridized carbons (Fsp3) is 0.643. The SMILES string of the molecule is CC(Nc1ncccc1Br)C1CC2CCC1C2. The molecule has 0 aromatic carbocycles. The monoisotopic (exact) mass is 294 g/mol. The molecule has 1 heterocycles. The minimum Gasteiger partial charge on any atom is -0.366 e. The lowest BCUT2D eigenvalue weighted by Gasteiger charge is -2.29. The largest absolute Gasteiger partial charge is 0.366 e. The van der Waals surface area contributed by atoms with Gasteiger partial charge in [0.25, 0.3) is 0 Å². The molecule has 92 valence electrons. The van der Waals surface area contributed by atoms with E-state index in [4.69, 9.17) is 0 Å². The molecule has 2 nitrogen and oxygen atoms in total. The maximum absolute atomic E-state index is 4.39. The molecule has 2 fully saturated rings. The third-order valence-electron chi connectivity index (χ3n) is 4.56. The topological polar surface area (TPSA) is 24.9 Å². The molecular formula is C14H19BrN2. The van der Waals surface area contributed by atoms with Crippen LogP contribution >= 0.6 is 15.9 Å². The van der Waals surface area contributed by atoms with E-state index in [1.165, 1.54) is 25.7 Å². The molecule has 3 rings (SSSR count). The van der Waals surface area contributed by atoms with Gasteiger partial charge in [0.2, 0.25) is 0 Å². The third-order valence-corrected chi connectivity index (χ3v) is 5.20. The molecule has 2 aliphatic rings. The molecule has 4 unspecified atom stereocenters. The van der Waals surface area contributed by atoms with E-state index in [-0.39, 0.29) is 0 Å². The summed E-state index contributed by atoms with van der Waals surface area (Å²) in [6.45, 7) is 2.31. The number of nitrogens with one attached hydrogen (secondary N) is 1. The minimum atomic E-state index is 0.538. The molecule has 3 heteroatoms. The van der Waals surface area contributed by atoms with Crippen molar-refractivity contribution in [2.45, 2.75) is 38.6 Å². The molecule has 0 amide bonds. The van der Waals surface area contributed by atoms with Crippen molar-refractivity contribution >= 4 is 21.7 Å². The van der Waals surface area contributed by atoms with Crippen LogP contribution in [0.1, 0.15) is 32.6 Å². The smallest absolute Gasteiger partial charge is 0.140 e. The predicted octanol–water partition coefficient (Wildman–Crippen LogP) is 4.08. The fourth-order valence-electron chi connectivity index (χ4n) is 3.72. The molecule has 2 saturated carbocycles. The van der Waals surface area contributed by atoms with Crippen LogP contribution < -0.4 is 5.32 Å². The highest BCUT2D eigenvalue weighted by atomic mass is 79.9. The van der Waals surface area contributed by atoms with E-state index in [1.54, 1.807) is 0 Å². The van der Waals surface area contributed by atoms with Gasteiger partial charge in [0.05, 0.1) is 4.47 Å². The van der Waals surface area contributed by atoms with Crippen molar-refractivity contribution in [1.82, 2.24) is 4.98 Å². The molecule has 0 spiro atoms. The van der Waals surface area contributed by atoms with E-state index < -0.39 is 0 Å². The highest BCUT2D eigenvalue weighted by Gasteiger charge is 2.41. The summed E-state index contributed by atoms with van der Waals surface area (Å²) in [5.74, 6) is 3.82. The van der Waals surface area contributed by atoms with Crippen LogP contribution in [0, 0.1) is 17.8 Å². The summed E-state index contributed by atoms with van der Waals surface area (Å²) in [4.78, 5) is 4.39. The number of nitrogens with zero attached hydrogens (tertiary/aromatic N) is 1. The molecule has 0 saturated heterocycles. The van der Waals surface area contributed by atoms with E-state index in [0.29, 0.717) is 6.04 Å². The van der Waals surface area contributed by atoms with Gasteiger partial charge in [-0.05, 0) is 72.0 Å². The van der Waals surface area contributed by atoms with Crippen molar-refractivity contribution in [2.24, 2.45) is 17.8 Å². The van der Waals surface area contributed by atoms with Gasteiger partial charge in [-0.25, -0.2) is 4.98 Å². The second-order valence-electron chi connectivity index (χ2n) is 5.61. The zero-order valence-corrected chi connectivity index (χ0v) is 11.8. The zero-order chi connectivity index (χ0) is 11.8. The van der Waals surface area contributed by atoms with Gasteiger partial charge < -0.3 is 5.32 Å². The van der Waals surface area contributed by atoms with Gasteiger partial charge in [-0.1, -0.05) is 6.42 Å². The molecular weight excluding hydrogens is 276 g/mol. The Morgan fingerprint density at radius 2 is 2.29 bits per heavy atom. The zero-order valence-electron chi connectivity index (χ0n) is 10.2. The summed E-state index contributed by atoms with van der Waals surface area (Å²) in [5, 5.41) is 3.58. The van der Waals surface area contributed by atoms with E-state index in [1.807, 2.05) is 18.3 Å². The predicted molar refractivity (Wildman–Crippen MR) is 74.0 cm³/mol. The van der Waals surface area contributed by atoms with Gasteiger partial charge in [-0.2, -0.15) is 0 Å². The quantitative estimate of drug-likeness (QED) is 0.909. The Labute approximate surface area is 111 Å². The average molecular weight is 295 g/mol. The summed E-state index contributed by atoms with van der Waals surface area (Å²) >= 11 is 3.55. The number of anilines is 1. The van der Waals surface area contributed by atoms with Crippen LogP contribution in [-0.2, 0) is 0 Å². The molecule has 2 aliphatic carbocycles. The first-order valence-corrected chi connectivity index (χ1v) is 7.40. The number of aromatic nitrogens is 1. The Morgan fingerprint density at radius 1 is 1.41 bits per heavy atom. The van der Waals surface area contributed by atoms with Gasteiger partial charge in [0, 0.05) is 12.2 Å². The van der Waals surface area contributed by atoms with Crippen LogP contribution in [0.25, 0.3) is 0 Å². The van der Waals surface area contributed by atoms with Crippen LogP contribution in [0.4, 0.5) is 5.82 Å². The summed E-state index contributed by atoms with van der Waals surface area (Å²) in [7, 11) is 0. The lowest BCUT2D eigenvalue weighted by molar-refractivity contribution is 0.304. The van der Waals surface area contributed by atoms with Crippen molar-refractivity contribution in [1.29, 1.82) is 0 Å². The Hall–Kier alpha value is -0.570. The van der Waals surface area contributed by atoms with Crippen molar-refractivity contribution in [3.63, 3.8) is 0 Å². The fourth-order valence-corrected chi connectivity index (χ4v) is 4.09. The Bertz CT molecular complexity index is 407. The Kier molecular flexibility index (Phi) is 3.12. The molecule has 0 radical (unpaired) electrons. The first kappa shape index (κ1) is 11.5. The highest BCUT2D eigenvalue weighted by Crippen LogP contribution is 2.49. The molecule has 17 heavy (non-hydrogen) atoms. The molecule has 2 bridgehead atoms. The molecule has 1 aromatic rings. The molecule has 1 N–H and O–H groups in total. The minimum absolute atomic E-state index is 0.538. The van der Waals surface area contributed by atoms with Crippen LogP contribution in [0.15, 0.2) is 22.8 Å². The van der Waals surface area contributed by atoms with Gasteiger partial charge in [0.15, 0.2) is 0 Å². The second kappa shape index (κ2) is 4.60. The van der Waals surface area contributed by atoms with Crippen LogP contribution in [0.2, 0.25) is 0 Å². The second-order valence-corrected chi connectivity index (χ2v) is 6.46. The van der Waals surface area contributed by atoms with E-state index >= 15 is 0 Å². The van der Waals surface area contributed by atoms with Crippen molar-refractivity contribution in [2.75, 3.05) is 5.32 Å². The summed E-state index contributed by atoms with van der Waals surface area (Å²) in [6, 6.07) is 4.54. The summed E-state index contributed by atoms with van der Waals surface area (Å²) in [5.41, 5.74) is 0. The summed E-state index contributed by atoms with van der Waals surface area (Å²) in [6.07, 6.45) is 7.66. The lowest BCUT2D eigenvalue weighted by atomic mass is 9.84. The number of fused-ring (bicyclic) bond motifs is 2. The van der Waals surface area contributed by atoms with Crippen molar-refractivity contribution < 1.29 is 0 Å². The molecule has 1 aromatic heterocycles. The van der Waals surface area contributed by atoms with Crippen LogP contribution in [0.5, 0.6) is 0 Å². The first-order chi connectivity index (χ1) is 8.24. The van der Waals surface area contributed by atoms with Gasteiger partial charge in [-0.15, -0.1) is 0 Å². The van der Waals surface area contributed by atoms with Crippen LogP contribution in [0.3, 0.4) is 0 Å². The van der Waals surface area contributed by atoms with E-state index in [2.05, 4.69) is 33.2 Å². The maximum atomic E-state index is 4.39. The highest BCUT2D eigenvalue weighted by molar-refractivity contribution is 9.10. The standard InChI is InChI=1S/C14H19BrN2/c1-9(12-8-10-4-5-11(12)7-10)17-14-13(15)3-2-6-16-14/h2-3,6,9-12H,4-5,7-8H2,1H3,(H,16,17). The molecule has 4 atom stereocenters. The van der Waals surface area contributed by atoms with Crippen molar-refractivity contribution in [3.8, 4) is 0 Å². The number of rotatable bonds is 3. The number of hydrogen-bond donors (Lipinski definition) is 1. The maximum Gasteiger partial charge on any atom is 0.140 e. The third kappa shape index (κ3) is 2.22. The number of pyridine rings is 1. The Balaban J connectivity index is 1.68. The normalized spacial score (nSPS) is 32.7. The van der Waals surface area contributed by atoms with Crippen LogP contribution in [-0.4, -0.2) is 11.0 Å². The molecule has 0 aliphatic heterocycles. The first-order valence-electron chi connectivity index (χ1n) is 6.61. The summed E-state index contributed by atoms with van der Waals surface area (Å²) < 4.78 is 1.06. The van der Waals surface area contributed by atoms with E-state index in [9.17, 15) is 0 Å². The Morgan fingerprint density at radius 3 is 2.94 bits per heavy atom. The van der Waals surface area contributed by atoms with Crippen molar-refractivity contribution in [3.05, 3.63) is 22.8 Å². The number of hydrogen-bond acceptors (Lipinski definition) is 2.